The maximum atomic E-state index is 12.4. The normalized spacial score (nSPS) is 11.2. The molecule has 4 aromatic rings. The summed E-state index contributed by atoms with van der Waals surface area (Å²) >= 11 is 0. The van der Waals surface area contributed by atoms with Gasteiger partial charge in [0.2, 0.25) is 0 Å². The Hall–Kier alpha value is -4.17. The summed E-state index contributed by atoms with van der Waals surface area (Å²) in [5.74, 6) is 0.386. The zero-order chi connectivity index (χ0) is 19.3. The van der Waals surface area contributed by atoms with Crippen LogP contribution in [0.2, 0.25) is 0 Å². The molecule has 3 aromatic carbocycles. The van der Waals surface area contributed by atoms with E-state index in [0.717, 1.165) is 11.0 Å². The van der Waals surface area contributed by atoms with Crippen LogP contribution in [-0.4, -0.2) is 15.9 Å². The molecule has 1 aromatic heterocycles. The number of aromatic amines is 1. The van der Waals surface area contributed by atoms with E-state index in [1.54, 1.807) is 48.5 Å². The lowest BCUT2D eigenvalue weighted by Gasteiger charge is -2.07. The number of carbonyl (C=O) groups is 1. The Morgan fingerprint density at radius 3 is 2.46 bits per heavy atom. The summed E-state index contributed by atoms with van der Waals surface area (Å²) in [7, 11) is 0. The summed E-state index contributed by atoms with van der Waals surface area (Å²) in [6.45, 7) is 0. The highest BCUT2D eigenvalue weighted by Crippen LogP contribution is 2.25. The van der Waals surface area contributed by atoms with E-state index >= 15 is 0 Å². The number of H-pyrrole nitrogens is 1. The number of aromatic nitrogens is 2. The molecule has 0 bridgehead atoms. The molecule has 1 heterocycles. The highest BCUT2D eigenvalue weighted by atomic mass is 16.5. The Labute approximate surface area is 161 Å². The molecule has 0 saturated heterocycles. The van der Waals surface area contributed by atoms with Crippen molar-refractivity contribution >= 4 is 28.7 Å². The van der Waals surface area contributed by atoms with Crippen molar-refractivity contribution in [2.45, 2.75) is 0 Å². The number of hydrogen-bond donors (Lipinski definition) is 1. The number of ether oxygens (including phenoxy) is 1. The fourth-order valence-corrected chi connectivity index (χ4v) is 2.82. The van der Waals surface area contributed by atoms with Crippen LogP contribution in [-0.2, 0) is 0 Å². The first-order chi connectivity index (χ1) is 13.7. The molecule has 0 spiro atoms. The van der Waals surface area contributed by atoms with Gasteiger partial charge in [-0.1, -0.05) is 48.5 Å². The van der Waals surface area contributed by atoms with Gasteiger partial charge in [0, 0.05) is 5.56 Å². The lowest BCUT2D eigenvalue weighted by atomic mass is 10.1. The maximum Gasteiger partial charge on any atom is 0.343 e. The number of imidazole rings is 1. The van der Waals surface area contributed by atoms with Crippen LogP contribution in [0.3, 0.4) is 0 Å². The monoisotopic (exact) mass is 365 g/mol. The Morgan fingerprint density at radius 2 is 1.68 bits per heavy atom. The van der Waals surface area contributed by atoms with E-state index < -0.39 is 5.97 Å². The molecule has 134 valence electrons. The van der Waals surface area contributed by atoms with Crippen molar-refractivity contribution < 1.29 is 9.53 Å². The molecule has 0 aliphatic rings. The van der Waals surface area contributed by atoms with Crippen molar-refractivity contribution in [3.63, 3.8) is 0 Å². The summed E-state index contributed by atoms with van der Waals surface area (Å²) in [5.41, 5.74) is 3.05. The second kappa shape index (κ2) is 7.60. The minimum atomic E-state index is -0.455. The first kappa shape index (κ1) is 17.3. The van der Waals surface area contributed by atoms with Crippen molar-refractivity contribution in [2.75, 3.05) is 0 Å². The van der Waals surface area contributed by atoms with Crippen LogP contribution in [0.4, 0.5) is 0 Å². The zero-order valence-corrected chi connectivity index (χ0v) is 14.8. The third-order valence-corrected chi connectivity index (χ3v) is 4.20. The molecule has 0 aliphatic heterocycles. The smallest absolute Gasteiger partial charge is 0.343 e. The van der Waals surface area contributed by atoms with Crippen LogP contribution >= 0.6 is 0 Å². The number of nitriles is 1. The number of nitrogens with zero attached hydrogens (tertiary/aromatic N) is 2. The van der Waals surface area contributed by atoms with E-state index in [0.29, 0.717) is 28.3 Å². The third kappa shape index (κ3) is 3.53. The van der Waals surface area contributed by atoms with Gasteiger partial charge in [-0.05, 0) is 36.4 Å². The van der Waals surface area contributed by atoms with Gasteiger partial charge in [-0.2, -0.15) is 5.26 Å². The number of hydrogen-bond acceptors (Lipinski definition) is 4. The molecule has 5 nitrogen and oxygen atoms in total. The van der Waals surface area contributed by atoms with Crippen molar-refractivity contribution in [1.82, 2.24) is 9.97 Å². The third-order valence-electron chi connectivity index (χ3n) is 4.20. The minimum Gasteiger partial charge on any atom is -0.422 e. The van der Waals surface area contributed by atoms with Crippen LogP contribution in [0.15, 0.2) is 78.9 Å². The molecule has 0 atom stereocenters. The molecule has 0 unspecified atom stereocenters. The molecule has 1 N–H and O–H groups in total. The van der Waals surface area contributed by atoms with Crippen LogP contribution in [0.1, 0.15) is 21.7 Å². The largest absolute Gasteiger partial charge is 0.422 e. The number of carbonyl (C=O) groups excluding carboxylic acids is 1. The average molecular weight is 365 g/mol. The Kier molecular flexibility index (Phi) is 4.68. The second-order valence-electron chi connectivity index (χ2n) is 6.07. The molecule has 0 saturated carbocycles. The van der Waals surface area contributed by atoms with Crippen LogP contribution in [0.25, 0.3) is 22.7 Å². The van der Waals surface area contributed by atoms with Crippen LogP contribution in [0, 0.1) is 11.3 Å². The van der Waals surface area contributed by atoms with E-state index in [-0.39, 0.29) is 0 Å². The SMILES string of the molecule is N#CC(=Cc1ccccc1OC(=O)c1ccccc1)c1nc2ccccc2[nH]1. The molecule has 4 rings (SSSR count). The molecule has 0 fully saturated rings. The maximum absolute atomic E-state index is 12.4. The Bertz CT molecular complexity index is 1180. The first-order valence-electron chi connectivity index (χ1n) is 8.68. The van der Waals surface area contributed by atoms with Gasteiger partial charge in [0.15, 0.2) is 0 Å². The predicted octanol–water partition coefficient (Wildman–Crippen LogP) is 4.85. The summed E-state index contributed by atoms with van der Waals surface area (Å²) in [6.07, 6.45) is 1.66. The number of allylic oxidation sites excluding steroid dienone is 1. The molecule has 28 heavy (non-hydrogen) atoms. The Balaban J connectivity index is 1.68. The van der Waals surface area contributed by atoms with E-state index in [9.17, 15) is 10.1 Å². The summed E-state index contributed by atoms with van der Waals surface area (Å²) in [4.78, 5) is 20.0. The topological polar surface area (TPSA) is 78.8 Å². The second-order valence-corrected chi connectivity index (χ2v) is 6.07. The summed E-state index contributed by atoms with van der Waals surface area (Å²) < 4.78 is 5.55. The van der Waals surface area contributed by atoms with Gasteiger partial charge in [0.05, 0.1) is 22.2 Å². The van der Waals surface area contributed by atoms with E-state index in [2.05, 4.69) is 16.0 Å². The summed E-state index contributed by atoms with van der Waals surface area (Å²) in [6, 6.07) is 25.6. The Morgan fingerprint density at radius 1 is 0.964 bits per heavy atom. The van der Waals surface area contributed by atoms with Gasteiger partial charge in [-0.25, -0.2) is 9.78 Å². The van der Waals surface area contributed by atoms with E-state index in [4.69, 9.17) is 4.74 Å². The zero-order valence-electron chi connectivity index (χ0n) is 14.8. The number of nitrogens with one attached hydrogen (secondary N) is 1. The minimum absolute atomic E-state index is 0.347. The van der Waals surface area contributed by atoms with Gasteiger partial charge in [0.1, 0.15) is 17.6 Å². The summed E-state index contributed by atoms with van der Waals surface area (Å²) in [5, 5.41) is 9.63. The molecule has 5 heteroatoms. The number of benzene rings is 3. The lowest BCUT2D eigenvalue weighted by molar-refractivity contribution is 0.0734. The van der Waals surface area contributed by atoms with Crippen LogP contribution in [0.5, 0.6) is 5.75 Å². The van der Waals surface area contributed by atoms with Gasteiger partial charge in [-0.15, -0.1) is 0 Å². The van der Waals surface area contributed by atoms with Crippen molar-refractivity contribution in [2.24, 2.45) is 0 Å². The van der Waals surface area contributed by atoms with Crippen molar-refractivity contribution in [3.8, 4) is 11.8 Å². The number of rotatable bonds is 4. The molecule has 0 radical (unpaired) electrons. The molecule has 0 amide bonds. The average Bonchev–Trinajstić information content (AvgIpc) is 3.17. The van der Waals surface area contributed by atoms with Gasteiger partial charge < -0.3 is 9.72 Å². The predicted molar refractivity (Wildman–Crippen MR) is 107 cm³/mol. The number of esters is 1. The molecular formula is C23H15N3O2. The highest BCUT2D eigenvalue weighted by Gasteiger charge is 2.12. The highest BCUT2D eigenvalue weighted by molar-refractivity contribution is 5.94. The quantitative estimate of drug-likeness (QED) is 0.319. The van der Waals surface area contributed by atoms with Gasteiger partial charge in [-0.3, -0.25) is 0 Å². The number of fused-ring (bicyclic) bond motifs is 1. The fraction of sp³-hybridized carbons (Fsp3) is 0. The molecule has 0 aliphatic carbocycles. The van der Waals surface area contributed by atoms with Gasteiger partial charge >= 0.3 is 5.97 Å². The lowest BCUT2D eigenvalue weighted by Crippen LogP contribution is -2.08. The van der Waals surface area contributed by atoms with Crippen molar-refractivity contribution in [1.29, 1.82) is 5.26 Å². The van der Waals surface area contributed by atoms with E-state index in [1.165, 1.54) is 0 Å². The van der Waals surface area contributed by atoms with Gasteiger partial charge in [0.25, 0.3) is 0 Å². The molecular weight excluding hydrogens is 350 g/mol. The first-order valence-corrected chi connectivity index (χ1v) is 8.68. The van der Waals surface area contributed by atoms with Crippen LogP contribution < -0.4 is 4.74 Å². The fourth-order valence-electron chi connectivity index (χ4n) is 2.82. The number of para-hydroxylation sites is 3. The standard InChI is InChI=1S/C23H15N3O2/c24-15-18(22-25-19-11-5-6-12-20(19)26-22)14-17-10-4-7-13-21(17)28-23(27)16-8-2-1-3-9-16/h1-14H,(H,25,26). The van der Waals surface area contributed by atoms with E-state index in [1.807, 2.05) is 36.4 Å². The van der Waals surface area contributed by atoms with Crippen molar-refractivity contribution in [3.05, 3.63) is 95.8 Å².